The first-order chi connectivity index (χ1) is 12.8. The summed E-state index contributed by atoms with van der Waals surface area (Å²) < 4.78 is 1.37. The van der Waals surface area contributed by atoms with Gasteiger partial charge < -0.3 is 0 Å². The fraction of sp³-hybridized carbons (Fsp3) is 0.200. The zero-order valence-corrected chi connectivity index (χ0v) is 15.9. The van der Waals surface area contributed by atoms with Crippen LogP contribution in [0.3, 0.4) is 0 Å². The summed E-state index contributed by atoms with van der Waals surface area (Å²) in [4.78, 5) is 0. The maximum absolute atomic E-state index is 2.40. The first-order valence-electron chi connectivity index (χ1n) is 9.59. The van der Waals surface area contributed by atoms with Crippen molar-refractivity contribution >= 4 is 53.7 Å². The van der Waals surface area contributed by atoms with Crippen LogP contribution in [-0.4, -0.2) is 0 Å². The average molecular weight is 355 g/mol. The van der Waals surface area contributed by atoms with E-state index >= 15 is 0 Å². The molecular formula is C25H22S. The average Bonchev–Trinajstić information content (AvgIpc) is 3.15. The Labute approximate surface area is 158 Å². The highest BCUT2D eigenvalue weighted by molar-refractivity contribution is 7.17. The topological polar surface area (TPSA) is 0 Å². The van der Waals surface area contributed by atoms with Crippen LogP contribution in [0.25, 0.3) is 42.4 Å². The van der Waals surface area contributed by atoms with Crippen molar-refractivity contribution in [3.63, 3.8) is 0 Å². The Balaban J connectivity index is 1.72. The van der Waals surface area contributed by atoms with Crippen LogP contribution in [0, 0.1) is 0 Å². The first-order valence-corrected chi connectivity index (χ1v) is 10.5. The molecule has 0 atom stereocenters. The molecule has 5 rings (SSSR count). The summed E-state index contributed by atoms with van der Waals surface area (Å²) in [7, 11) is 0. The maximum atomic E-state index is 2.40. The molecule has 0 radical (unpaired) electrons. The van der Waals surface area contributed by atoms with Crippen molar-refractivity contribution in [2.24, 2.45) is 0 Å². The maximum Gasteiger partial charge on any atom is 0.0349 e. The van der Waals surface area contributed by atoms with Gasteiger partial charge in [0.15, 0.2) is 0 Å². The number of hydrogen-bond donors (Lipinski definition) is 0. The Morgan fingerprint density at radius 2 is 1.50 bits per heavy atom. The molecule has 0 nitrogen and oxygen atoms in total. The molecule has 0 saturated carbocycles. The van der Waals surface area contributed by atoms with Crippen LogP contribution in [0.4, 0.5) is 0 Å². The lowest BCUT2D eigenvalue weighted by Crippen LogP contribution is -1.86. The van der Waals surface area contributed by atoms with E-state index in [0.29, 0.717) is 0 Å². The minimum atomic E-state index is 1.19. The summed E-state index contributed by atoms with van der Waals surface area (Å²) in [5.74, 6) is 0. The van der Waals surface area contributed by atoms with E-state index in [0.717, 1.165) is 0 Å². The van der Waals surface area contributed by atoms with E-state index in [4.69, 9.17) is 0 Å². The van der Waals surface area contributed by atoms with E-state index in [2.05, 4.69) is 73.0 Å². The number of thiophene rings is 1. The van der Waals surface area contributed by atoms with Gasteiger partial charge in [-0.1, -0.05) is 56.2 Å². The van der Waals surface area contributed by atoms with Crippen LogP contribution in [0.15, 0.2) is 66.0 Å². The molecule has 0 aliphatic rings. The van der Waals surface area contributed by atoms with Crippen molar-refractivity contribution in [3.05, 3.63) is 71.6 Å². The van der Waals surface area contributed by atoms with Gasteiger partial charge in [0.05, 0.1) is 0 Å². The van der Waals surface area contributed by atoms with Crippen LogP contribution in [0.5, 0.6) is 0 Å². The molecule has 128 valence electrons. The van der Waals surface area contributed by atoms with E-state index in [1.54, 1.807) is 0 Å². The molecule has 1 heteroatoms. The zero-order valence-electron chi connectivity index (χ0n) is 15.1. The van der Waals surface area contributed by atoms with Gasteiger partial charge in [-0.25, -0.2) is 0 Å². The second-order valence-electron chi connectivity index (χ2n) is 7.27. The standard InChI is InChI=1S/C25H22S/c1-2-3-4-5-17-6-7-18-15-19-8-9-21-22(24(19)16-20(18)14-17)10-11-25-23(21)12-13-26-25/h6-16H,2-5H2,1H3. The van der Waals surface area contributed by atoms with Crippen LogP contribution in [0.2, 0.25) is 0 Å². The highest BCUT2D eigenvalue weighted by Crippen LogP contribution is 2.35. The van der Waals surface area contributed by atoms with Crippen LogP contribution < -0.4 is 0 Å². The minimum Gasteiger partial charge on any atom is -0.144 e. The summed E-state index contributed by atoms with van der Waals surface area (Å²) in [5.41, 5.74) is 1.46. The van der Waals surface area contributed by atoms with Crippen molar-refractivity contribution in [3.8, 4) is 0 Å². The number of benzene rings is 4. The molecule has 4 aromatic carbocycles. The molecule has 0 unspecified atom stereocenters. The normalized spacial score (nSPS) is 11.9. The molecule has 0 bridgehead atoms. The number of aryl methyl sites for hydroxylation is 1. The van der Waals surface area contributed by atoms with Gasteiger partial charge in [-0.3, -0.25) is 0 Å². The summed E-state index contributed by atoms with van der Waals surface area (Å²) in [5, 5.41) is 11.7. The Kier molecular flexibility index (Phi) is 3.90. The Morgan fingerprint density at radius 1 is 0.654 bits per heavy atom. The molecule has 5 aromatic rings. The molecule has 0 amide bonds. The number of fused-ring (bicyclic) bond motifs is 6. The van der Waals surface area contributed by atoms with E-state index in [1.165, 1.54) is 73.7 Å². The van der Waals surface area contributed by atoms with Gasteiger partial charge in [-0.05, 0) is 80.4 Å². The van der Waals surface area contributed by atoms with Gasteiger partial charge in [0.1, 0.15) is 0 Å². The fourth-order valence-electron chi connectivity index (χ4n) is 4.12. The van der Waals surface area contributed by atoms with Gasteiger partial charge in [0.2, 0.25) is 0 Å². The van der Waals surface area contributed by atoms with E-state index in [-0.39, 0.29) is 0 Å². The lowest BCUT2D eigenvalue weighted by atomic mass is 9.95. The molecular weight excluding hydrogens is 332 g/mol. The largest absolute Gasteiger partial charge is 0.144 e. The second-order valence-corrected chi connectivity index (χ2v) is 8.22. The third kappa shape index (κ3) is 2.59. The second kappa shape index (κ2) is 6.41. The number of hydrogen-bond acceptors (Lipinski definition) is 1. The van der Waals surface area contributed by atoms with Crippen molar-refractivity contribution < 1.29 is 0 Å². The Hall–Kier alpha value is -2.38. The Bertz CT molecular complexity index is 1240. The lowest BCUT2D eigenvalue weighted by molar-refractivity contribution is 0.718. The summed E-state index contributed by atoms with van der Waals surface area (Å²) in [6, 6.07) is 23.1. The van der Waals surface area contributed by atoms with Crippen LogP contribution in [0.1, 0.15) is 31.7 Å². The fourth-order valence-corrected chi connectivity index (χ4v) is 4.93. The molecule has 0 N–H and O–H groups in total. The Morgan fingerprint density at radius 3 is 2.42 bits per heavy atom. The van der Waals surface area contributed by atoms with Crippen LogP contribution >= 0.6 is 11.3 Å². The number of unbranched alkanes of at least 4 members (excludes halogenated alkanes) is 2. The molecule has 26 heavy (non-hydrogen) atoms. The third-order valence-corrected chi connectivity index (χ3v) is 6.42. The monoisotopic (exact) mass is 354 g/mol. The first kappa shape index (κ1) is 15.8. The highest BCUT2D eigenvalue weighted by atomic mass is 32.1. The molecule has 0 spiro atoms. The molecule has 1 heterocycles. The van der Waals surface area contributed by atoms with Crippen molar-refractivity contribution in [1.82, 2.24) is 0 Å². The van der Waals surface area contributed by atoms with E-state index in [1.807, 2.05) is 11.3 Å². The van der Waals surface area contributed by atoms with Gasteiger partial charge in [0.25, 0.3) is 0 Å². The van der Waals surface area contributed by atoms with Gasteiger partial charge in [-0.2, -0.15) is 0 Å². The predicted octanol–water partition coefficient (Wildman–Crippen LogP) is 8.09. The van der Waals surface area contributed by atoms with Gasteiger partial charge in [-0.15, -0.1) is 11.3 Å². The van der Waals surface area contributed by atoms with Gasteiger partial charge in [0, 0.05) is 10.1 Å². The molecule has 0 fully saturated rings. The molecule has 0 aliphatic carbocycles. The van der Waals surface area contributed by atoms with Gasteiger partial charge >= 0.3 is 0 Å². The highest BCUT2D eigenvalue weighted by Gasteiger charge is 2.07. The smallest absolute Gasteiger partial charge is 0.0349 e. The summed E-state index contributed by atoms with van der Waals surface area (Å²) >= 11 is 1.82. The van der Waals surface area contributed by atoms with Crippen LogP contribution in [-0.2, 0) is 6.42 Å². The molecule has 0 aliphatic heterocycles. The quantitative estimate of drug-likeness (QED) is 0.174. The van der Waals surface area contributed by atoms with E-state index < -0.39 is 0 Å². The molecule has 0 saturated heterocycles. The van der Waals surface area contributed by atoms with Crippen molar-refractivity contribution in [1.29, 1.82) is 0 Å². The van der Waals surface area contributed by atoms with Crippen molar-refractivity contribution in [2.75, 3.05) is 0 Å². The SMILES string of the molecule is CCCCCc1ccc2cc3ccc4c5ccsc5ccc4c3cc2c1. The summed E-state index contributed by atoms with van der Waals surface area (Å²) in [6.07, 6.45) is 5.07. The summed E-state index contributed by atoms with van der Waals surface area (Å²) in [6.45, 7) is 2.27. The predicted molar refractivity (Wildman–Crippen MR) is 118 cm³/mol. The zero-order chi connectivity index (χ0) is 17.5. The third-order valence-electron chi connectivity index (χ3n) is 5.54. The molecule has 1 aromatic heterocycles. The van der Waals surface area contributed by atoms with Crippen molar-refractivity contribution in [2.45, 2.75) is 32.6 Å². The number of rotatable bonds is 4. The minimum absolute atomic E-state index is 1.19. The lowest BCUT2D eigenvalue weighted by Gasteiger charge is -2.09. The van der Waals surface area contributed by atoms with E-state index in [9.17, 15) is 0 Å².